The Morgan fingerprint density at radius 2 is 2.04 bits per heavy atom. The number of rotatable bonds is 13. The van der Waals surface area contributed by atoms with E-state index in [9.17, 15) is 9.59 Å². The first-order chi connectivity index (χ1) is 12.0. The first-order valence-electron chi connectivity index (χ1n) is 8.90. The largest absolute Gasteiger partial charge is 0.388 e. The fourth-order valence-electron chi connectivity index (χ4n) is 2.43. The maximum atomic E-state index is 12.3. The fourth-order valence-corrected chi connectivity index (χ4v) is 2.43. The molecule has 1 rings (SSSR count). The van der Waals surface area contributed by atoms with Crippen molar-refractivity contribution in [3.8, 4) is 0 Å². The molecule has 0 saturated carbocycles. The molecule has 0 radical (unpaired) electrons. The minimum atomic E-state index is -0.807. The molecule has 1 atom stereocenters. The average molecular weight is 350 g/mol. The number of nitrogens with one attached hydrogen (secondary N) is 3. The molecule has 0 spiro atoms. The lowest BCUT2D eigenvalue weighted by Gasteiger charge is -2.18. The van der Waals surface area contributed by atoms with Gasteiger partial charge in [-0.15, -0.1) is 0 Å². The Morgan fingerprint density at radius 1 is 1.28 bits per heavy atom. The molecular formula is C17H30N6O2. The second kappa shape index (κ2) is 12.0. The monoisotopic (exact) mass is 350 g/mol. The van der Waals surface area contributed by atoms with Crippen molar-refractivity contribution >= 4 is 17.6 Å². The molecule has 8 nitrogen and oxygen atoms in total. The lowest BCUT2D eigenvalue weighted by molar-refractivity contribution is -0.128. The number of carbonyl (C=O) groups is 2. The molecule has 0 fully saturated rings. The van der Waals surface area contributed by atoms with Crippen LogP contribution in [0, 0.1) is 5.41 Å². The van der Waals surface area contributed by atoms with Crippen LogP contribution in [0.4, 0.5) is 0 Å². The Morgan fingerprint density at radius 3 is 2.68 bits per heavy atom. The van der Waals surface area contributed by atoms with Crippen LogP contribution < -0.4 is 16.4 Å². The van der Waals surface area contributed by atoms with Crippen LogP contribution in [0.1, 0.15) is 51.9 Å². The van der Waals surface area contributed by atoms with Gasteiger partial charge >= 0.3 is 0 Å². The number of nitrogens with two attached hydrogens (primary N) is 1. The summed E-state index contributed by atoms with van der Waals surface area (Å²) in [4.78, 5) is 24.3. The first-order valence-corrected chi connectivity index (χ1v) is 8.90. The van der Waals surface area contributed by atoms with Crippen molar-refractivity contribution in [1.29, 1.82) is 5.41 Å². The number of nitrogens with zero attached hydrogens (tertiary/aromatic N) is 2. The van der Waals surface area contributed by atoms with Crippen molar-refractivity contribution in [1.82, 2.24) is 20.4 Å². The minimum absolute atomic E-state index is 0.00911. The molecule has 1 aromatic heterocycles. The van der Waals surface area contributed by atoms with Crippen molar-refractivity contribution in [2.24, 2.45) is 5.73 Å². The van der Waals surface area contributed by atoms with Crippen molar-refractivity contribution in [3.63, 3.8) is 0 Å². The lowest BCUT2D eigenvalue weighted by atomic mass is 10.1. The van der Waals surface area contributed by atoms with Gasteiger partial charge in [0.1, 0.15) is 6.04 Å². The quantitative estimate of drug-likeness (QED) is 0.242. The Balaban J connectivity index is 2.36. The standard InChI is InChI=1S/C17H30N6O2/c1-2-3-4-5-6-8-16(24)22-14(13-15(18)19)17(25)20-10-12-23-11-7-9-21-23/h7,9,11,14H,2-6,8,10,12-13H2,1H3,(H3,18,19)(H,20,25)(H,22,24)/t14-/m1/s1. The van der Waals surface area contributed by atoms with Crippen LogP contribution in [0.25, 0.3) is 0 Å². The van der Waals surface area contributed by atoms with Gasteiger partial charge in [0.05, 0.1) is 12.4 Å². The number of aromatic nitrogens is 2. The van der Waals surface area contributed by atoms with Gasteiger partial charge in [-0.05, 0) is 12.5 Å². The highest BCUT2D eigenvalue weighted by molar-refractivity contribution is 5.92. The molecule has 0 unspecified atom stereocenters. The van der Waals surface area contributed by atoms with E-state index in [4.69, 9.17) is 11.1 Å². The number of amides is 2. The summed E-state index contributed by atoms with van der Waals surface area (Å²) >= 11 is 0. The summed E-state index contributed by atoms with van der Waals surface area (Å²) in [5.74, 6) is -0.637. The van der Waals surface area contributed by atoms with E-state index in [1.165, 1.54) is 6.42 Å². The van der Waals surface area contributed by atoms with Gasteiger partial charge in [0.2, 0.25) is 11.8 Å². The molecule has 0 saturated heterocycles. The fraction of sp³-hybridized carbons (Fsp3) is 0.647. The SMILES string of the molecule is CCCCCCCC(=O)N[C@H](CC(=N)N)C(=O)NCCn1cccn1. The van der Waals surface area contributed by atoms with Crippen LogP contribution in [0.5, 0.6) is 0 Å². The summed E-state index contributed by atoms with van der Waals surface area (Å²) in [6.07, 6.45) is 9.14. The van der Waals surface area contributed by atoms with E-state index in [1.807, 2.05) is 0 Å². The topological polar surface area (TPSA) is 126 Å². The second-order valence-corrected chi connectivity index (χ2v) is 6.07. The van der Waals surface area contributed by atoms with E-state index >= 15 is 0 Å². The smallest absolute Gasteiger partial charge is 0.243 e. The van der Waals surface area contributed by atoms with E-state index < -0.39 is 6.04 Å². The maximum Gasteiger partial charge on any atom is 0.243 e. The van der Waals surface area contributed by atoms with Crippen molar-refractivity contribution < 1.29 is 9.59 Å². The summed E-state index contributed by atoms with van der Waals surface area (Å²) in [6, 6.07) is 0.999. The van der Waals surface area contributed by atoms with Gasteiger partial charge in [-0.2, -0.15) is 5.10 Å². The van der Waals surface area contributed by atoms with Crippen LogP contribution in [0.15, 0.2) is 18.5 Å². The molecule has 0 bridgehead atoms. The summed E-state index contributed by atoms with van der Waals surface area (Å²) in [7, 11) is 0. The van der Waals surface area contributed by atoms with Gasteiger partial charge < -0.3 is 16.4 Å². The van der Waals surface area contributed by atoms with Crippen LogP contribution in [-0.4, -0.2) is 40.0 Å². The van der Waals surface area contributed by atoms with Gasteiger partial charge in [0, 0.05) is 31.8 Å². The van der Waals surface area contributed by atoms with E-state index in [-0.39, 0.29) is 24.1 Å². The number of carbonyl (C=O) groups excluding carboxylic acids is 2. The zero-order valence-electron chi connectivity index (χ0n) is 15.0. The molecule has 8 heteroatoms. The highest BCUT2D eigenvalue weighted by Gasteiger charge is 2.21. The Labute approximate surface area is 149 Å². The third-order valence-corrected chi connectivity index (χ3v) is 3.78. The first kappa shape index (κ1) is 20.7. The zero-order valence-corrected chi connectivity index (χ0v) is 15.0. The predicted octanol–water partition coefficient (Wildman–Crippen LogP) is 1.17. The number of hydrogen-bond acceptors (Lipinski definition) is 4. The number of hydrogen-bond donors (Lipinski definition) is 4. The number of unbranched alkanes of at least 4 members (excludes halogenated alkanes) is 4. The molecule has 1 heterocycles. The Bertz CT molecular complexity index is 529. The van der Waals surface area contributed by atoms with E-state index in [0.29, 0.717) is 19.5 Å². The van der Waals surface area contributed by atoms with Crippen LogP contribution in [0.2, 0.25) is 0 Å². The molecule has 1 aromatic rings. The lowest BCUT2D eigenvalue weighted by Crippen LogP contribution is -2.49. The van der Waals surface area contributed by atoms with Crippen LogP contribution in [0.3, 0.4) is 0 Å². The van der Waals surface area contributed by atoms with Gasteiger partial charge in [-0.1, -0.05) is 32.6 Å². The zero-order chi connectivity index (χ0) is 18.5. The average Bonchev–Trinajstić information content (AvgIpc) is 3.07. The van der Waals surface area contributed by atoms with E-state index in [0.717, 1.165) is 25.7 Å². The molecule has 5 N–H and O–H groups in total. The number of amidine groups is 1. The molecular weight excluding hydrogens is 320 g/mol. The van der Waals surface area contributed by atoms with E-state index in [1.54, 1.807) is 23.1 Å². The molecule has 2 amide bonds. The van der Waals surface area contributed by atoms with Crippen LogP contribution >= 0.6 is 0 Å². The molecule has 0 aliphatic rings. The molecule has 0 aliphatic carbocycles. The highest BCUT2D eigenvalue weighted by Crippen LogP contribution is 2.05. The minimum Gasteiger partial charge on any atom is -0.388 e. The van der Waals surface area contributed by atoms with Crippen LogP contribution in [-0.2, 0) is 16.1 Å². The summed E-state index contributed by atoms with van der Waals surface area (Å²) in [5, 5.41) is 16.9. The molecule has 0 aliphatic heterocycles. The summed E-state index contributed by atoms with van der Waals surface area (Å²) in [6.45, 7) is 3.07. The van der Waals surface area contributed by atoms with Gasteiger partial charge in [-0.25, -0.2) is 0 Å². The Hall–Kier alpha value is -2.38. The van der Waals surface area contributed by atoms with Gasteiger partial charge in [0.25, 0.3) is 0 Å². The third kappa shape index (κ3) is 9.49. The van der Waals surface area contributed by atoms with Gasteiger partial charge in [0.15, 0.2) is 0 Å². The highest BCUT2D eigenvalue weighted by atomic mass is 16.2. The molecule has 0 aromatic carbocycles. The summed E-state index contributed by atoms with van der Waals surface area (Å²) in [5.41, 5.74) is 5.41. The maximum absolute atomic E-state index is 12.3. The van der Waals surface area contributed by atoms with Crippen molar-refractivity contribution in [2.45, 2.75) is 64.5 Å². The van der Waals surface area contributed by atoms with Gasteiger partial charge in [-0.3, -0.25) is 19.7 Å². The Kier molecular flexibility index (Phi) is 9.96. The molecule has 140 valence electrons. The summed E-state index contributed by atoms with van der Waals surface area (Å²) < 4.78 is 1.70. The predicted molar refractivity (Wildman–Crippen MR) is 97.1 cm³/mol. The molecule has 25 heavy (non-hydrogen) atoms. The van der Waals surface area contributed by atoms with Crippen molar-refractivity contribution in [2.75, 3.05) is 6.54 Å². The van der Waals surface area contributed by atoms with E-state index in [2.05, 4.69) is 22.7 Å². The normalized spacial score (nSPS) is 11.7. The second-order valence-electron chi connectivity index (χ2n) is 6.07. The van der Waals surface area contributed by atoms with Crippen molar-refractivity contribution in [3.05, 3.63) is 18.5 Å². The third-order valence-electron chi connectivity index (χ3n) is 3.78.